The number of rotatable bonds is 12. The third kappa shape index (κ3) is 6.74. The van der Waals surface area contributed by atoms with Crippen LogP contribution in [0.1, 0.15) is 38.4 Å². The summed E-state index contributed by atoms with van der Waals surface area (Å²) >= 11 is 0. The summed E-state index contributed by atoms with van der Waals surface area (Å²) in [5.41, 5.74) is 9.49. The summed E-state index contributed by atoms with van der Waals surface area (Å²) in [4.78, 5) is 36.2. The van der Waals surface area contributed by atoms with E-state index in [9.17, 15) is 14.4 Å². The average molecular weight is 516 g/mol. The van der Waals surface area contributed by atoms with Crippen LogP contribution in [0.15, 0.2) is 77.7 Å². The van der Waals surface area contributed by atoms with Gasteiger partial charge in [-0.25, -0.2) is 0 Å². The number of ether oxygens (including phenoxy) is 2. The molecular formula is C28H29N5O5. The van der Waals surface area contributed by atoms with E-state index < -0.39 is 5.91 Å². The molecule has 0 aliphatic rings. The molecule has 2 heterocycles. The fourth-order valence-corrected chi connectivity index (χ4v) is 4.00. The van der Waals surface area contributed by atoms with Gasteiger partial charge in [-0.1, -0.05) is 48.5 Å². The summed E-state index contributed by atoms with van der Waals surface area (Å²) in [6.45, 7) is 0.663. The molecule has 0 bridgehead atoms. The van der Waals surface area contributed by atoms with Crippen molar-refractivity contribution in [1.82, 2.24) is 20.1 Å². The first kappa shape index (κ1) is 26.4. The summed E-state index contributed by atoms with van der Waals surface area (Å²) in [6.07, 6.45) is 2.22. The van der Waals surface area contributed by atoms with Gasteiger partial charge in [-0.15, -0.1) is 0 Å². The number of methoxy groups -OCH3 is 1. The van der Waals surface area contributed by atoms with Crippen LogP contribution in [-0.4, -0.2) is 40.3 Å². The Hall–Kier alpha value is -4.70. The minimum atomic E-state index is -0.585. The Balaban J connectivity index is 1.47. The molecule has 2 aromatic carbocycles. The Morgan fingerprint density at radius 2 is 1.76 bits per heavy atom. The van der Waals surface area contributed by atoms with Gasteiger partial charge in [0.15, 0.2) is 12.3 Å². The zero-order valence-corrected chi connectivity index (χ0v) is 21.0. The van der Waals surface area contributed by atoms with Crippen molar-refractivity contribution >= 4 is 11.8 Å². The molecule has 0 atom stereocenters. The van der Waals surface area contributed by atoms with Crippen LogP contribution < -0.4 is 21.3 Å². The summed E-state index contributed by atoms with van der Waals surface area (Å²) in [5.74, 6) is -0.479. The number of hydrogen-bond donors (Lipinski definition) is 3. The number of nitrogens with zero attached hydrogens (tertiary/aromatic N) is 2. The van der Waals surface area contributed by atoms with Crippen LogP contribution in [0.4, 0.5) is 0 Å². The highest BCUT2D eigenvalue weighted by Crippen LogP contribution is 2.20. The van der Waals surface area contributed by atoms with Crippen molar-refractivity contribution < 1.29 is 19.1 Å². The number of pyridine rings is 1. The number of carbonyl (C=O) groups is 2. The largest absolute Gasteiger partial charge is 0.483 e. The smallest absolute Gasteiger partial charge is 0.272 e. The second-order valence-electron chi connectivity index (χ2n) is 8.67. The fourth-order valence-electron chi connectivity index (χ4n) is 4.00. The SMILES string of the molecule is COCc1[nH]nc(C(=O)NCc2ccccc2OCC(N)=O)c1Cc1ccc(Cn2ccccc2=O)cc1. The van der Waals surface area contributed by atoms with Crippen LogP contribution in [0.25, 0.3) is 0 Å². The molecular weight excluding hydrogens is 486 g/mol. The first-order chi connectivity index (χ1) is 18.4. The second kappa shape index (κ2) is 12.5. The van der Waals surface area contributed by atoms with Gasteiger partial charge in [-0.2, -0.15) is 5.10 Å². The molecule has 0 aliphatic heterocycles. The van der Waals surface area contributed by atoms with Gasteiger partial charge < -0.3 is 25.1 Å². The topological polar surface area (TPSA) is 141 Å². The normalized spacial score (nSPS) is 10.8. The van der Waals surface area contributed by atoms with Gasteiger partial charge in [-0.3, -0.25) is 19.5 Å². The molecule has 0 saturated carbocycles. The molecule has 10 heteroatoms. The van der Waals surface area contributed by atoms with E-state index in [1.165, 1.54) is 6.07 Å². The van der Waals surface area contributed by atoms with Crippen LogP contribution in [-0.2, 0) is 35.6 Å². The summed E-state index contributed by atoms with van der Waals surface area (Å²) < 4.78 is 12.4. The minimum Gasteiger partial charge on any atom is -0.483 e. The van der Waals surface area contributed by atoms with E-state index in [1.54, 1.807) is 42.1 Å². The number of primary amides is 1. The lowest BCUT2D eigenvalue weighted by atomic mass is 10.0. The molecule has 0 fully saturated rings. The molecule has 10 nitrogen and oxygen atoms in total. The number of nitrogens with one attached hydrogen (secondary N) is 2. The number of amides is 2. The maximum Gasteiger partial charge on any atom is 0.272 e. The highest BCUT2D eigenvalue weighted by Gasteiger charge is 2.20. The van der Waals surface area contributed by atoms with Crippen LogP contribution in [0, 0.1) is 0 Å². The average Bonchev–Trinajstić information content (AvgIpc) is 3.31. The lowest BCUT2D eigenvalue weighted by Crippen LogP contribution is -2.25. The predicted molar refractivity (Wildman–Crippen MR) is 141 cm³/mol. The Labute approximate surface area is 219 Å². The van der Waals surface area contributed by atoms with E-state index in [2.05, 4.69) is 15.5 Å². The van der Waals surface area contributed by atoms with Crippen LogP contribution in [0.3, 0.4) is 0 Å². The van der Waals surface area contributed by atoms with Crippen molar-refractivity contribution in [3.8, 4) is 5.75 Å². The van der Waals surface area contributed by atoms with Crippen molar-refractivity contribution in [2.75, 3.05) is 13.7 Å². The van der Waals surface area contributed by atoms with E-state index in [0.29, 0.717) is 30.0 Å². The molecule has 4 aromatic rings. The third-order valence-electron chi connectivity index (χ3n) is 5.89. The number of H-pyrrole nitrogens is 1. The van der Waals surface area contributed by atoms with E-state index in [-0.39, 0.29) is 36.9 Å². The monoisotopic (exact) mass is 515 g/mol. The molecule has 196 valence electrons. The summed E-state index contributed by atoms with van der Waals surface area (Å²) in [7, 11) is 1.58. The molecule has 2 aromatic heterocycles. The number of nitrogens with two attached hydrogens (primary N) is 1. The van der Waals surface area contributed by atoms with Gasteiger partial charge >= 0.3 is 0 Å². The van der Waals surface area contributed by atoms with Gasteiger partial charge in [0, 0.05) is 43.5 Å². The lowest BCUT2D eigenvalue weighted by Gasteiger charge is -2.12. The van der Waals surface area contributed by atoms with E-state index in [0.717, 1.165) is 16.7 Å². The zero-order valence-electron chi connectivity index (χ0n) is 21.0. The number of benzene rings is 2. The zero-order chi connectivity index (χ0) is 26.9. The molecule has 0 unspecified atom stereocenters. The van der Waals surface area contributed by atoms with Crippen LogP contribution in [0.5, 0.6) is 5.75 Å². The van der Waals surface area contributed by atoms with Crippen molar-refractivity contribution in [3.63, 3.8) is 0 Å². The number of aromatic amines is 1. The van der Waals surface area contributed by atoms with Gasteiger partial charge in [0.25, 0.3) is 17.4 Å². The Morgan fingerprint density at radius 3 is 2.50 bits per heavy atom. The molecule has 4 rings (SSSR count). The van der Waals surface area contributed by atoms with Gasteiger partial charge in [-0.05, 0) is 23.3 Å². The van der Waals surface area contributed by atoms with Gasteiger partial charge in [0.05, 0.1) is 18.8 Å². The lowest BCUT2D eigenvalue weighted by molar-refractivity contribution is -0.119. The molecule has 0 aliphatic carbocycles. The Bertz CT molecular complexity index is 1460. The Kier molecular flexibility index (Phi) is 8.68. The predicted octanol–water partition coefficient (Wildman–Crippen LogP) is 2.15. The van der Waals surface area contributed by atoms with Crippen molar-refractivity contribution in [2.45, 2.75) is 26.1 Å². The summed E-state index contributed by atoms with van der Waals surface area (Å²) in [6, 6.07) is 20.0. The first-order valence-electron chi connectivity index (χ1n) is 12.0. The quantitative estimate of drug-likeness (QED) is 0.264. The molecule has 38 heavy (non-hydrogen) atoms. The van der Waals surface area contributed by atoms with Crippen LogP contribution >= 0.6 is 0 Å². The molecule has 4 N–H and O–H groups in total. The first-order valence-corrected chi connectivity index (χ1v) is 12.0. The number of carbonyl (C=O) groups excluding carboxylic acids is 2. The summed E-state index contributed by atoms with van der Waals surface area (Å²) in [5, 5.41) is 10.1. The second-order valence-corrected chi connectivity index (χ2v) is 8.67. The van der Waals surface area contributed by atoms with Gasteiger partial charge in [0.1, 0.15) is 5.75 Å². The maximum absolute atomic E-state index is 13.1. The molecule has 0 saturated heterocycles. The standard InChI is InChI=1S/C28H29N5O5/c1-37-17-23-22(14-19-9-11-20(12-10-19)16-33-13-5-4-8-26(33)35)27(32-31-23)28(36)30-15-21-6-2-3-7-24(21)38-18-25(29)34/h2-13H,14-18H2,1H3,(H2,29,34)(H,30,36)(H,31,32). The highest BCUT2D eigenvalue weighted by atomic mass is 16.5. The minimum absolute atomic E-state index is 0.0584. The highest BCUT2D eigenvalue weighted by molar-refractivity contribution is 5.94. The number of aromatic nitrogens is 3. The molecule has 0 radical (unpaired) electrons. The third-order valence-corrected chi connectivity index (χ3v) is 5.89. The number of hydrogen-bond acceptors (Lipinski definition) is 6. The van der Waals surface area contributed by atoms with E-state index in [4.69, 9.17) is 15.2 Å². The van der Waals surface area contributed by atoms with E-state index >= 15 is 0 Å². The molecule has 0 spiro atoms. The van der Waals surface area contributed by atoms with Crippen molar-refractivity contribution in [2.24, 2.45) is 5.73 Å². The van der Waals surface area contributed by atoms with Crippen molar-refractivity contribution in [3.05, 3.63) is 117 Å². The maximum atomic E-state index is 13.1. The van der Waals surface area contributed by atoms with Gasteiger partial charge in [0.2, 0.25) is 0 Å². The van der Waals surface area contributed by atoms with Crippen LogP contribution in [0.2, 0.25) is 0 Å². The molecule has 2 amide bonds. The Morgan fingerprint density at radius 1 is 1.03 bits per heavy atom. The van der Waals surface area contributed by atoms with E-state index in [1.807, 2.05) is 36.4 Å². The fraction of sp³-hybridized carbons (Fsp3) is 0.214. The number of para-hydroxylation sites is 1. The van der Waals surface area contributed by atoms with Crippen molar-refractivity contribution in [1.29, 1.82) is 0 Å².